The SMILES string of the molecule is O=S(=O)(c1ccc(Br)cc1)c1ccc(-c2n[nH]c(=S)n2-c2ccc(OC(F)(F)F)cc2)cc1. The summed E-state index contributed by atoms with van der Waals surface area (Å²) in [6.07, 6.45) is -4.79. The molecule has 6 nitrogen and oxygen atoms in total. The maximum absolute atomic E-state index is 12.9. The monoisotopic (exact) mass is 555 g/mol. The first-order valence-corrected chi connectivity index (χ1v) is 11.9. The molecule has 0 aliphatic rings. The number of benzene rings is 3. The smallest absolute Gasteiger partial charge is 0.406 e. The van der Waals surface area contributed by atoms with Crippen LogP contribution in [-0.2, 0) is 9.84 Å². The van der Waals surface area contributed by atoms with Crippen molar-refractivity contribution in [1.29, 1.82) is 0 Å². The van der Waals surface area contributed by atoms with Crippen molar-refractivity contribution in [2.45, 2.75) is 16.2 Å². The number of nitrogens with one attached hydrogen (secondary N) is 1. The third-order valence-electron chi connectivity index (χ3n) is 4.55. The maximum Gasteiger partial charge on any atom is 0.573 e. The standard InChI is InChI=1S/C21H13BrF3N3O3S2/c22-14-3-11-18(12-4-14)33(29,30)17-9-1-13(2-10-17)19-26-27-20(32)28(19)15-5-7-16(8-6-15)31-21(23,24)25/h1-12H,(H,27,32). The highest BCUT2D eigenvalue weighted by atomic mass is 79.9. The molecule has 0 spiro atoms. The number of aromatic amines is 1. The van der Waals surface area contributed by atoms with Gasteiger partial charge in [-0.1, -0.05) is 15.9 Å². The quantitative estimate of drug-likeness (QED) is 0.301. The molecule has 0 aliphatic heterocycles. The lowest BCUT2D eigenvalue weighted by Crippen LogP contribution is -2.17. The van der Waals surface area contributed by atoms with Crippen molar-refractivity contribution in [3.8, 4) is 22.8 Å². The topological polar surface area (TPSA) is 77.0 Å². The Morgan fingerprint density at radius 2 is 1.45 bits per heavy atom. The van der Waals surface area contributed by atoms with Crippen LogP contribution in [0, 0.1) is 4.77 Å². The summed E-state index contributed by atoms with van der Waals surface area (Å²) in [7, 11) is -3.71. The zero-order chi connectivity index (χ0) is 23.8. The molecule has 33 heavy (non-hydrogen) atoms. The number of alkyl halides is 3. The predicted octanol–water partition coefficient (Wildman–Crippen LogP) is 6.09. The van der Waals surface area contributed by atoms with Crippen LogP contribution < -0.4 is 4.74 Å². The lowest BCUT2D eigenvalue weighted by atomic mass is 10.2. The van der Waals surface area contributed by atoms with E-state index >= 15 is 0 Å². The molecule has 1 heterocycles. The zero-order valence-electron chi connectivity index (χ0n) is 16.4. The highest BCUT2D eigenvalue weighted by Crippen LogP contribution is 2.28. The number of rotatable bonds is 5. The minimum absolute atomic E-state index is 0.0999. The second-order valence-electron chi connectivity index (χ2n) is 6.71. The summed E-state index contributed by atoms with van der Waals surface area (Å²) >= 11 is 8.54. The van der Waals surface area contributed by atoms with E-state index in [9.17, 15) is 21.6 Å². The van der Waals surface area contributed by atoms with Crippen molar-refractivity contribution < 1.29 is 26.3 Å². The minimum Gasteiger partial charge on any atom is -0.406 e. The van der Waals surface area contributed by atoms with Gasteiger partial charge < -0.3 is 4.74 Å². The molecule has 1 N–H and O–H groups in total. The maximum atomic E-state index is 12.9. The molecular weight excluding hydrogens is 543 g/mol. The predicted molar refractivity (Wildman–Crippen MR) is 120 cm³/mol. The van der Waals surface area contributed by atoms with Crippen LogP contribution in [-0.4, -0.2) is 29.5 Å². The summed E-state index contributed by atoms with van der Waals surface area (Å²) in [6.45, 7) is 0. The minimum atomic E-state index is -4.79. The Labute approximate surface area is 199 Å². The molecule has 0 bridgehead atoms. The lowest BCUT2D eigenvalue weighted by molar-refractivity contribution is -0.274. The van der Waals surface area contributed by atoms with Gasteiger partial charge in [-0.25, -0.2) is 8.42 Å². The summed E-state index contributed by atoms with van der Waals surface area (Å²) in [5.41, 5.74) is 0.998. The Morgan fingerprint density at radius 1 is 0.909 bits per heavy atom. The molecule has 170 valence electrons. The van der Waals surface area contributed by atoms with Crippen LogP contribution in [0.2, 0.25) is 0 Å². The number of halogens is 4. The van der Waals surface area contributed by atoms with Crippen LogP contribution >= 0.6 is 28.1 Å². The summed E-state index contributed by atoms with van der Waals surface area (Å²) in [5, 5.41) is 6.83. The lowest BCUT2D eigenvalue weighted by Gasteiger charge is -2.11. The molecule has 0 amide bonds. The van der Waals surface area contributed by atoms with Crippen LogP contribution in [0.5, 0.6) is 5.75 Å². The van der Waals surface area contributed by atoms with E-state index in [1.54, 1.807) is 24.3 Å². The number of nitrogens with zero attached hydrogens (tertiary/aromatic N) is 2. The van der Waals surface area contributed by atoms with Gasteiger partial charge in [-0.15, -0.1) is 13.2 Å². The Morgan fingerprint density at radius 3 is 2.00 bits per heavy atom. The molecule has 0 saturated heterocycles. The van der Waals surface area contributed by atoms with E-state index in [0.29, 0.717) is 17.1 Å². The van der Waals surface area contributed by atoms with Crippen molar-refractivity contribution in [2.75, 3.05) is 0 Å². The molecule has 4 rings (SSSR count). The van der Waals surface area contributed by atoms with Crippen molar-refractivity contribution >= 4 is 38.0 Å². The molecule has 0 fully saturated rings. The fraction of sp³-hybridized carbons (Fsp3) is 0.0476. The second-order valence-corrected chi connectivity index (χ2v) is 9.96. The van der Waals surface area contributed by atoms with E-state index in [4.69, 9.17) is 12.2 Å². The van der Waals surface area contributed by atoms with E-state index in [1.165, 1.54) is 41.0 Å². The summed E-state index contributed by atoms with van der Waals surface area (Å²) in [5.74, 6) is -0.0117. The van der Waals surface area contributed by atoms with Gasteiger partial charge in [0.05, 0.1) is 15.5 Å². The van der Waals surface area contributed by atoms with Crippen LogP contribution in [0.25, 0.3) is 17.1 Å². The average Bonchev–Trinajstić information content (AvgIpc) is 3.15. The van der Waals surface area contributed by atoms with Crippen molar-refractivity contribution in [3.05, 3.63) is 82.0 Å². The number of H-pyrrole nitrogens is 1. The molecule has 0 unspecified atom stereocenters. The highest BCUT2D eigenvalue weighted by molar-refractivity contribution is 9.10. The van der Waals surface area contributed by atoms with Gasteiger partial charge in [-0.2, -0.15) is 5.10 Å². The normalized spacial score (nSPS) is 12.0. The van der Waals surface area contributed by atoms with Gasteiger partial charge in [0, 0.05) is 10.0 Å². The summed E-state index contributed by atoms with van der Waals surface area (Å²) in [6, 6.07) is 17.5. The van der Waals surface area contributed by atoms with Gasteiger partial charge in [0.2, 0.25) is 9.84 Å². The van der Waals surface area contributed by atoms with Crippen LogP contribution in [0.1, 0.15) is 0 Å². The molecular formula is C21H13BrF3N3O3S2. The third-order valence-corrected chi connectivity index (χ3v) is 7.14. The van der Waals surface area contributed by atoms with E-state index in [2.05, 4.69) is 30.9 Å². The number of hydrogen-bond donors (Lipinski definition) is 1. The number of aromatic nitrogens is 3. The van der Waals surface area contributed by atoms with E-state index in [0.717, 1.165) is 16.6 Å². The van der Waals surface area contributed by atoms with Gasteiger partial charge in [-0.3, -0.25) is 9.67 Å². The molecule has 0 radical (unpaired) electrons. The zero-order valence-corrected chi connectivity index (χ0v) is 19.6. The third kappa shape index (κ3) is 5.02. The van der Waals surface area contributed by atoms with Gasteiger partial charge in [0.15, 0.2) is 10.6 Å². The number of sulfone groups is 1. The van der Waals surface area contributed by atoms with E-state index in [1.807, 2.05) is 0 Å². The fourth-order valence-corrected chi connectivity index (χ4v) is 4.82. The highest BCUT2D eigenvalue weighted by Gasteiger charge is 2.31. The Hall–Kier alpha value is -2.96. The first-order valence-electron chi connectivity index (χ1n) is 9.19. The van der Waals surface area contributed by atoms with Crippen LogP contribution in [0.4, 0.5) is 13.2 Å². The second kappa shape index (κ2) is 8.76. The Bertz CT molecular complexity index is 1450. The summed E-state index contributed by atoms with van der Waals surface area (Å²) in [4.78, 5) is 0.255. The first-order chi connectivity index (χ1) is 15.5. The largest absolute Gasteiger partial charge is 0.573 e. The van der Waals surface area contributed by atoms with Crippen LogP contribution in [0.15, 0.2) is 87.1 Å². The Kier molecular flexibility index (Phi) is 6.16. The molecule has 4 aromatic rings. The molecule has 3 aromatic carbocycles. The van der Waals surface area contributed by atoms with Crippen molar-refractivity contribution in [2.24, 2.45) is 0 Å². The fourth-order valence-electron chi connectivity index (χ4n) is 3.06. The first kappa shape index (κ1) is 23.2. The molecule has 0 saturated carbocycles. The van der Waals surface area contributed by atoms with Crippen LogP contribution in [0.3, 0.4) is 0 Å². The van der Waals surface area contributed by atoms with Gasteiger partial charge in [0.25, 0.3) is 0 Å². The van der Waals surface area contributed by atoms with Gasteiger partial charge >= 0.3 is 6.36 Å². The van der Waals surface area contributed by atoms with Crippen molar-refractivity contribution in [3.63, 3.8) is 0 Å². The number of hydrogen-bond acceptors (Lipinski definition) is 5. The average molecular weight is 556 g/mol. The molecule has 1 aromatic heterocycles. The Balaban J connectivity index is 1.66. The van der Waals surface area contributed by atoms with Gasteiger partial charge in [0.1, 0.15) is 5.75 Å². The van der Waals surface area contributed by atoms with E-state index in [-0.39, 0.29) is 20.3 Å². The van der Waals surface area contributed by atoms with Crippen molar-refractivity contribution in [1.82, 2.24) is 14.8 Å². The molecule has 0 aliphatic carbocycles. The number of ether oxygens (including phenoxy) is 1. The molecule has 12 heteroatoms. The van der Waals surface area contributed by atoms with E-state index < -0.39 is 16.2 Å². The van der Waals surface area contributed by atoms with Gasteiger partial charge in [-0.05, 0) is 85.0 Å². The summed E-state index contributed by atoms with van der Waals surface area (Å²) < 4.78 is 69.3. The molecule has 0 atom stereocenters.